The van der Waals surface area contributed by atoms with Gasteiger partial charge < -0.3 is 19.7 Å². The van der Waals surface area contributed by atoms with E-state index < -0.39 is 36.1 Å². The molecule has 3 N–H and O–H groups in total. The van der Waals surface area contributed by atoms with Gasteiger partial charge in [0.05, 0.1) is 5.69 Å². The third-order valence-electron chi connectivity index (χ3n) is 7.67. The van der Waals surface area contributed by atoms with Gasteiger partial charge in [0.1, 0.15) is 23.0 Å². The van der Waals surface area contributed by atoms with Crippen LogP contribution in [-0.2, 0) is 30.4 Å². The lowest BCUT2D eigenvalue weighted by Crippen LogP contribution is -2.36. The second-order valence-electron chi connectivity index (χ2n) is 10.7. The highest BCUT2D eigenvalue weighted by Crippen LogP contribution is 2.42. The standard InChI is InChI=1S/C30H36F5NO3S/c31-29(32,30(33,34)35)14-8-16-40(39)15-7-5-3-1-2-4-6-9-20-17-23(38)18-21-10-12-24-25-19-22(37)11-13-26(25)36-28(24)27(20)21/h11,13,17-19,36-38H,1-10,12,14-16H2. The van der Waals surface area contributed by atoms with Gasteiger partial charge in [0.2, 0.25) is 0 Å². The fourth-order valence-electron chi connectivity index (χ4n) is 5.59. The molecule has 4 rings (SSSR count). The maximum atomic E-state index is 12.9. The predicted molar refractivity (Wildman–Crippen MR) is 149 cm³/mol. The summed E-state index contributed by atoms with van der Waals surface area (Å²) in [5.74, 6) is -4.01. The van der Waals surface area contributed by atoms with E-state index in [2.05, 4.69) is 4.98 Å². The van der Waals surface area contributed by atoms with Crippen molar-refractivity contribution in [1.29, 1.82) is 0 Å². The summed E-state index contributed by atoms with van der Waals surface area (Å²) in [6, 6.07) is 9.05. The maximum Gasteiger partial charge on any atom is 0.453 e. The Balaban J connectivity index is 1.17. The summed E-state index contributed by atoms with van der Waals surface area (Å²) < 4.78 is 74.3. The van der Waals surface area contributed by atoms with Gasteiger partial charge in [-0.1, -0.05) is 36.9 Å². The van der Waals surface area contributed by atoms with Crippen molar-refractivity contribution in [3.05, 3.63) is 47.0 Å². The summed E-state index contributed by atoms with van der Waals surface area (Å²) in [4.78, 5) is 3.53. The van der Waals surface area contributed by atoms with Gasteiger partial charge in [-0.2, -0.15) is 22.0 Å². The first kappa shape index (κ1) is 30.5. The third-order valence-corrected chi connectivity index (χ3v) is 9.15. The number of fused-ring (bicyclic) bond motifs is 5. The van der Waals surface area contributed by atoms with Crippen molar-refractivity contribution in [3.63, 3.8) is 0 Å². The highest BCUT2D eigenvalue weighted by atomic mass is 32.2. The second kappa shape index (κ2) is 13.0. The topological polar surface area (TPSA) is 79.3 Å². The van der Waals surface area contributed by atoms with Crippen molar-refractivity contribution in [2.75, 3.05) is 11.5 Å². The van der Waals surface area contributed by atoms with Gasteiger partial charge in [-0.05, 0) is 92.0 Å². The van der Waals surface area contributed by atoms with Crippen LogP contribution in [0.1, 0.15) is 74.5 Å². The summed E-state index contributed by atoms with van der Waals surface area (Å²) in [6.07, 6.45) is 1.75. The highest BCUT2D eigenvalue weighted by Gasteiger charge is 2.56. The minimum Gasteiger partial charge on any atom is -0.616 e. The van der Waals surface area contributed by atoms with Crippen molar-refractivity contribution >= 4 is 22.1 Å². The fraction of sp³-hybridized carbons (Fsp3) is 0.533. The molecule has 0 saturated heterocycles. The van der Waals surface area contributed by atoms with E-state index in [1.165, 1.54) is 5.56 Å². The lowest BCUT2D eigenvalue weighted by atomic mass is 9.84. The van der Waals surface area contributed by atoms with Crippen LogP contribution in [0.15, 0.2) is 30.3 Å². The first-order valence-corrected chi connectivity index (χ1v) is 15.4. The number of halogens is 5. The highest BCUT2D eigenvalue weighted by molar-refractivity contribution is 7.91. The molecule has 0 spiro atoms. The van der Waals surface area contributed by atoms with E-state index in [1.54, 1.807) is 12.1 Å². The number of benzene rings is 2. The number of alkyl halides is 5. The number of aromatic hydroxyl groups is 2. The van der Waals surface area contributed by atoms with Gasteiger partial charge in [0.25, 0.3) is 0 Å². The van der Waals surface area contributed by atoms with Gasteiger partial charge in [-0.15, -0.1) is 0 Å². The second-order valence-corrected chi connectivity index (χ2v) is 12.4. The third kappa shape index (κ3) is 7.43. The quantitative estimate of drug-likeness (QED) is 0.101. The van der Waals surface area contributed by atoms with Crippen molar-refractivity contribution in [2.24, 2.45) is 0 Å². The smallest absolute Gasteiger partial charge is 0.453 e. The number of phenolic OH excluding ortho intramolecular Hbond substituents is 2. The Hall–Kier alpha value is -2.46. The minimum absolute atomic E-state index is 0.132. The molecule has 1 unspecified atom stereocenters. The molecule has 0 radical (unpaired) electrons. The zero-order valence-electron chi connectivity index (χ0n) is 22.4. The molecule has 0 saturated carbocycles. The van der Waals surface area contributed by atoms with Crippen LogP contribution in [-0.4, -0.2) is 43.4 Å². The van der Waals surface area contributed by atoms with Crippen LogP contribution in [0.5, 0.6) is 11.5 Å². The van der Waals surface area contributed by atoms with Crippen molar-refractivity contribution in [1.82, 2.24) is 4.98 Å². The van der Waals surface area contributed by atoms with Crippen LogP contribution in [0.25, 0.3) is 22.2 Å². The lowest BCUT2D eigenvalue weighted by Gasteiger charge is -2.21. The molecule has 4 nitrogen and oxygen atoms in total. The number of aromatic amines is 1. The number of aryl methyl sites for hydroxylation is 3. The molecular weight excluding hydrogens is 549 g/mol. The summed E-state index contributed by atoms with van der Waals surface area (Å²) >= 11 is -1.37. The van der Waals surface area contributed by atoms with E-state index in [0.29, 0.717) is 12.2 Å². The Morgan fingerprint density at radius 3 is 2.20 bits per heavy atom. The predicted octanol–water partition coefficient (Wildman–Crippen LogP) is 8.34. The van der Waals surface area contributed by atoms with Crippen molar-refractivity contribution in [3.8, 4) is 22.8 Å². The summed E-state index contributed by atoms with van der Waals surface area (Å²) in [5.41, 5.74) is 6.66. The largest absolute Gasteiger partial charge is 0.616 e. The normalized spacial score (nSPS) is 14.3. The zero-order chi connectivity index (χ0) is 28.9. The molecule has 0 aliphatic heterocycles. The van der Waals surface area contributed by atoms with Gasteiger partial charge in [-0.3, -0.25) is 0 Å². The van der Waals surface area contributed by atoms with Gasteiger partial charge >= 0.3 is 12.1 Å². The molecule has 1 aliphatic carbocycles. The van der Waals surface area contributed by atoms with Gasteiger partial charge in [-0.25, -0.2) is 0 Å². The van der Waals surface area contributed by atoms with Crippen LogP contribution >= 0.6 is 0 Å². The van der Waals surface area contributed by atoms with Crippen LogP contribution in [0.3, 0.4) is 0 Å². The molecule has 2 aromatic carbocycles. The molecule has 40 heavy (non-hydrogen) atoms. The number of phenols is 2. The van der Waals surface area contributed by atoms with E-state index in [4.69, 9.17) is 0 Å². The molecule has 1 atom stereocenters. The molecule has 0 amide bonds. The Bertz CT molecular complexity index is 1290. The molecule has 1 aromatic heterocycles. The number of unbranched alkanes of at least 4 members (excludes halogenated alkanes) is 6. The molecule has 3 aromatic rings. The molecule has 10 heteroatoms. The van der Waals surface area contributed by atoms with Crippen LogP contribution in [0, 0.1) is 0 Å². The van der Waals surface area contributed by atoms with Crippen LogP contribution in [0.4, 0.5) is 22.0 Å². The van der Waals surface area contributed by atoms with E-state index >= 15 is 0 Å². The molecule has 1 aliphatic rings. The van der Waals surface area contributed by atoms with Crippen LogP contribution in [0.2, 0.25) is 0 Å². The lowest BCUT2D eigenvalue weighted by molar-refractivity contribution is -0.284. The molecular formula is C30H36F5NO3S. The van der Waals surface area contributed by atoms with E-state index in [-0.39, 0.29) is 17.3 Å². The Labute approximate surface area is 234 Å². The molecule has 1 heterocycles. The summed E-state index contributed by atoms with van der Waals surface area (Å²) in [7, 11) is 0. The molecule has 0 bridgehead atoms. The minimum atomic E-state index is -5.55. The number of nitrogens with one attached hydrogen (secondary N) is 1. The Kier molecular flexibility index (Phi) is 9.93. The average Bonchev–Trinajstić information content (AvgIpc) is 3.24. The summed E-state index contributed by atoms with van der Waals surface area (Å²) in [5, 5.41) is 21.3. The monoisotopic (exact) mass is 585 g/mol. The van der Waals surface area contributed by atoms with E-state index in [1.807, 2.05) is 18.2 Å². The van der Waals surface area contributed by atoms with Gasteiger partial charge in [0.15, 0.2) is 0 Å². The summed E-state index contributed by atoms with van der Waals surface area (Å²) in [6.45, 7) is 0. The van der Waals surface area contributed by atoms with Gasteiger partial charge in [0, 0.05) is 22.9 Å². The van der Waals surface area contributed by atoms with Crippen molar-refractivity contribution in [2.45, 2.75) is 89.1 Å². The Morgan fingerprint density at radius 2 is 1.48 bits per heavy atom. The molecule has 220 valence electrons. The number of rotatable bonds is 14. The zero-order valence-corrected chi connectivity index (χ0v) is 23.2. The first-order valence-electron chi connectivity index (χ1n) is 13.9. The van der Waals surface area contributed by atoms with Crippen molar-refractivity contribution < 1.29 is 36.7 Å². The first-order chi connectivity index (χ1) is 19.0. The van der Waals surface area contributed by atoms with Crippen LogP contribution < -0.4 is 0 Å². The number of H-pyrrole nitrogens is 1. The number of hydrogen-bond acceptors (Lipinski definition) is 3. The fourth-order valence-corrected chi connectivity index (χ4v) is 6.79. The number of aromatic nitrogens is 1. The van der Waals surface area contributed by atoms with E-state index in [0.717, 1.165) is 91.1 Å². The molecule has 0 fully saturated rings. The SMILES string of the molecule is [O-][S+](CCCCCCCCCc1cc(O)cc2c1-c1[nH]c3ccc(O)cc3c1CC2)CCCC(F)(F)C(F)(F)F. The Morgan fingerprint density at radius 1 is 0.800 bits per heavy atom. The average molecular weight is 586 g/mol. The number of hydrogen-bond donors (Lipinski definition) is 3. The van der Waals surface area contributed by atoms with E-state index in [9.17, 15) is 36.7 Å². The maximum absolute atomic E-state index is 12.9.